The molecule has 1 N–H and O–H groups in total. The largest absolute Gasteiger partial charge is 0.438 e. The molecule has 2 aromatic heterocycles. The van der Waals surface area contributed by atoms with Gasteiger partial charge in [0.05, 0.1) is 18.0 Å². The number of hydrogen-bond donors (Lipinski definition) is 1. The smallest absolute Gasteiger partial charge is 0.281 e. The van der Waals surface area contributed by atoms with Crippen molar-refractivity contribution in [3.63, 3.8) is 0 Å². The highest BCUT2D eigenvalue weighted by Gasteiger charge is 2.28. The van der Waals surface area contributed by atoms with E-state index in [1.807, 2.05) is 44.2 Å². The number of aromatic nitrogens is 3. The van der Waals surface area contributed by atoms with E-state index in [1.54, 1.807) is 24.5 Å². The van der Waals surface area contributed by atoms with Gasteiger partial charge in [-0.05, 0) is 60.9 Å². The third-order valence-corrected chi connectivity index (χ3v) is 7.96. The van der Waals surface area contributed by atoms with E-state index in [2.05, 4.69) is 25.2 Å². The van der Waals surface area contributed by atoms with E-state index >= 15 is 0 Å². The van der Waals surface area contributed by atoms with Gasteiger partial charge in [-0.15, -0.1) is 0 Å². The van der Waals surface area contributed by atoms with E-state index in [9.17, 15) is 8.42 Å². The van der Waals surface area contributed by atoms with E-state index in [1.165, 1.54) is 28.8 Å². The Morgan fingerprint density at radius 3 is 2.39 bits per heavy atom. The van der Waals surface area contributed by atoms with Crippen LogP contribution in [-0.2, 0) is 10.2 Å². The number of nitrogens with one attached hydrogen (secondary N) is 1. The van der Waals surface area contributed by atoms with E-state index in [0.29, 0.717) is 49.4 Å². The van der Waals surface area contributed by atoms with Gasteiger partial charge in [-0.1, -0.05) is 0 Å². The first kappa shape index (κ1) is 27.0. The number of nitriles is 1. The van der Waals surface area contributed by atoms with Gasteiger partial charge in [0.2, 0.25) is 11.8 Å². The number of pyridine rings is 1. The molecule has 3 aromatic rings. The Kier molecular flexibility index (Phi) is 8.21. The molecule has 1 fully saturated rings. The van der Waals surface area contributed by atoms with Gasteiger partial charge < -0.3 is 15.0 Å². The number of nitrogens with zero attached hydrogens (tertiary/aromatic N) is 7. The van der Waals surface area contributed by atoms with Gasteiger partial charge in [-0.3, -0.25) is 0 Å². The Labute approximate surface area is 223 Å². The van der Waals surface area contributed by atoms with Crippen molar-refractivity contribution in [2.75, 3.05) is 50.5 Å². The first-order chi connectivity index (χ1) is 18.2. The van der Waals surface area contributed by atoms with Crippen molar-refractivity contribution in [2.24, 2.45) is 0 Å². The molecule has 3 heterocycles. The summed E-state index contributed by atoms with van der Waals surface area (Å²) in [5, 5.41) is 11.9. The molecule has 12 heteroatoms. The number of benzene rings is 1. The molecule has 11 nitrogen and oxygen atoms in total. The standard InChI is InChI=1S/C26H30N8O3S/c1-19-16-21(6-5-10-27)17-20(2)25(19)37-24-9-11-28-26(31-24)30-22-7-8-23(29-18-22)33-12-14-34(15-13-33)38(35,36)32(3)4/h5-9,11,16-18H,12-15H2,1-4H3,(H,28,30,31)/b6-5+. The zero-order valence-electron chi connectivity index (χ0n) is 21.8. The number of ether oxygens (including phenoxy) is 1. The molecule has 1 saturated heterocycles. The van der Waals surface area contributed by atoms with Gasteiger partial charge in [0, 0.05) is 58.6 Å². The zero-order chi connectivity index (χ0) is 27.3. The quantitative estimate of drug-likeness (QED) is 0.432. The fourth-order valence-corrected chi connectivity index (χ4v) is 5.18. The Morgan fingerprint density at radius 2 is 1.79 bits per heavy atom. The second-order valence-electron chi connectivity index (χ2n) is 8.97. The predicted octanol–water partition coefficient (Wildman–Crippen LogP) is 3.49. The lowest BCUT2D eigenvalue weighted by atomic mass is 10.1. The fraction of sp³-hybridized carbons (Fsp3) is 0.308. The summed E-state index contributed by atoms with van der Waals surface area (Å²) < 4.78 is 33.4. The summed E-state index contributed by atoms with van der Waals surface area (Å²) in [7, 11) is -0.331. The topological polar surface area (TPSA) is 128 Å². The third kappa shape index (κ3) is 6.25. The summed E-state index contributed by atoms with van der Waals surface area (Å²) in [6.07, 6.45) is 6.50. The molecule has 0 bridgehead atoms. The molecule has 0 aliphatic carbocycles. The Hall–Kier alpha value is -4.05. The van der Waals surface area contributed by atoms with Gasteiger partial charge in [-0.2, -0.15) is 27.3 Å². The van der Waals surface area contributed by atoms with Gasteiger partial charge in [0.1, 0.15) is 11.6 Å². The molecule has 38 heavy (non-hydrogen) atoms. The van der Waals surface area contributed by atoms with Crippen molar-refractivity contribution in [3.05, 3.63) is 65.5 Å². The number of piperazine rings is 1. The summed E-state index contributed by atoms with van der Waals surface area (Å²) in [4.78, 5) is 15.3. The van der Waals surface area contributed by atoms with Crippen molar-refractivity contribution in [2.45, 2.75) is 13.8 Å². The summed E-state index contributed by atoms with van der Waals surface area (Å²) in [6.45, 7) is 5.82. The lowest BCUT2D eigenvalue weighted by Crippen LogP contribution is -2.51. The fourth-order valence-electron chi connectivity index (χ4n) is 4.09. The van der Waals surface area contributed by atoms with Crippen molar-refractivity contribution >= 4 is 33.7 Å². The van der Waals surface area contributed by atoms with Gasteiger partial charge in [0.15, 0.2) is 0 Å². The highest BCUT2D eigenvalue weighted by molar-refractivity contribution is 7.86. The Bertz CT molecular complexity index is 1440. The average Bonchev–Trinajstić information content (AvgIpc) is 2.90. The van der Waals surface area contributed by atoms with E-state index in [4.69, 9.17) is 10.00 Å². The van der Waals surface area contributed by atoms with Crippen LogP contribution in [0.2, 0.25) is 0 Å². The molecule has 0 spiro atoms. The molecule has 0 unspecified atom stereocenters. The number of hydrogen-bond acceptors (Lipinski definition) is 9. The average molecular weight is 535 g/mol. The van der Waals surface area contributed by atoms with Gasteiger partial charge >= 0.3 is 0 Å². The minimum Gasteiger partial charge on any atom is -0.438 e. The molecule has 0 saturated carbocycles. The normalized spacial score (nSPS) is 14.6. The second-order valence-corrected chi connectivity index (χ2v) is 11.1. The van der Waals surface area contributed by atoms with Gasteiger partial charge in [0.25, 0.3) is 10.2 Å². The summed E-state index contributed by atoms with van der Waals surface area (Å²) in [6, 6.07) is 11.3. The van der Waals surface area contributed by atoms with Crippen LogP contribution < -0.4 is 15.0 Å². The highest BCUT2D eigenvalue weighted by Crippen LogP contribution is 2.30. The Morgan fingerprint density at radius 1 is 1.08 bits per heavy atom. The first-order valence-corrected chi connectivity index (χ1v) is 13.4. The molecule has 1 aliphatic heterocycles. The molecule has 1 aliphatic rings. The first-order valence-electron chi connectivity index (χ1n) is 12.0. The maximum absolute atomic E-state index is 12.3. The van der Waals surface area contributed by atoms with Crippen LogP contribution in [0, 0.1) is 25.2 Å². The lowest BCUT2D eigenvalue weighted by Gasteiger charge is -2.35. The SMILES string of the molecule is Cc1cc(/C=C/C#N)cc(C)c1Oc1ccnc(Nc2ccc(N3CCN(S(=O)(=O)N(C)C)CC3)nc2)n1. The summed E-state index contributed by atoms with van der Waals surface area (Å²) >= 11 is 0. The minimum absolute atomic E-state index is 0.364. The molecule has 0 atom stereocenters. The second kappa shape index (κ2) is 11.6. The number of rotatable bonds is 8. The van der Waals surface area contributed by atoms with Crippen LogP contribution >= 0.6 is 0 Å². The lowest BCUT2D eigenvalue weighted by molar-refractivity contribution is 0.355. The molecular weight excluding hydrogens is 504 g/mol. The van der Waals surface area contributed by atoms with Crippen molar-refractivity contribution in [1.29, 1.82) is 5.26 Å². The number of anilines is 3. The van der Waals surface area contributed by atoms with Crippen molar-refractivity contribution in [3.8, 4) is 17.7 Å². The maximum Gasteiger partial charge on any atom is 0.281 e. The zero-order valence-corrected chi connectivity index (χ0v) is 22.6. The summed E-state index contributed by atoms with van der Waals surface area (Å²) in [5.41, 5.74) is 3.49. The van der Waals surface area contributed by atoms with Crippen LogP contribution in [0.4, 0.5) is 17.5 Å². The molecule has 1 aromatic carbocycles. The molecule has 4 rings (SSSR count). The number of allylic oxidation sites excluding steroid dienone is 1. The minimum atomic E-state index is -3.41. The highest BCUT2D eigenvalue weighted by atomic mass is 32.2. The molecular formula is C26H30N8O3S. The van der Waals surface area contributed by atoms with Crippen LogP contribution in [0.25, 0.3) is 6.08 Å². The third-order valence-electron chi connectivity index (χ3n) is 6.02. The van der Waals surface area contributed by atoms with E-state index < -0.39 is 10.2 Å². The van der Waals surface area contributed by atoms with Crippen LogP contribution in [0.1, 0.15) is 16.7 Å². The van der Waals surface area contributed by atoms with Crippen molar-refractivity contribution < 1.29 is 13.2 Å². The van der Waals surface area contributed by atoms with Gasteiger partial charge in [-0.25, -0.2) is 9.97 Å². The van der Waals surface area contributed by atoms with Crippen LogP contribution in [0.5, 0.6) is 11.6 Å². The van der Waals surface area contributed by atoms with E-state index in [-0.39, 0.29) is 0 Å². The molecule has 0 radical (unpaired) electrons. The monoisotopic (exact) mass is 534 g/mol. The van der Waals surface area contributed by atoms with Crippen LogP contribution in [-0.4, -0.2) is 72.3 Å². The van der Waals surface area contributed by atoms with Crippen molar-refractivity contribution in [1.82, 2.24) is 23.6 Å². The van der Waals surface area contributed by atoms with Crippen LogP contribution in [0.15, 0.2) is 48.8 Å². The van der Waals surface area contributed by atoms with Crippen LogP contribution in [0.3, 0.4) is 0 Å². The predicted molar refractivity (Wildman–Crippen MR) is 147 cm³/mol. The molecule has 0 amide bonds. The van der Waals surface area contributed by atoms with E-state index in [0.717, 1.165) is 22.5 Å². The number of aryl methyl sites for hydroxylation is 2. The Balaban J connectivity index is 1.39. The maximum atomic E-state index is 12.3. The molecule has 198 valence electrons. The summed E-state index contributed by atoms with van der Waals surface area (Å²) in [5.74, 6) is 2.23.